The minimum atomic E-state index is -2.94. The summed E-state index contributed by atoms with van der Waals surface area (Å²) in [5.41, 5.74) is 0. The number of carbonyl (C=O) groups is 1. The van der Waals surface area contributed by atoms with E-state index >= 15 is 0 Å². The monoisotopic (exact) mass is 287 g/mol. The Hall–Kier alpha value is -0.420. The van der Waals surface area contributed by atoms with Crippen molar-refractivity contribution in [1.82, 2.24) is 5.32 Å². The molecule has 0 aromatic heterocycles. The lowest BCUT2D eigenvalue weighted by atomic mass is 9.74. The molecule has 1 heterocycles. The lowest BCUT2D eigenvalue weighted by molar-refractivity contribution is -0.126. The van der Waals surface area contributed by atoms with Gasteiger partial charge in [-0.1, -0.05) is 26.2 Å². The molecule has 0 amide bonds. The van der Waals surface area contributed by atoms with Crippen molar-refractivity contribution in [1.29, 1.82) is 0 Å². The number of nitrogens with one attached hydrogen (secondary N) is 1. The lowest BCUT2D eigenvalue weighted by Crippen LogP contribution is -2.47. The van der Waals surface area contributed by atoms with Gasteiger partial charge in [-0.3, -0.25) is 4.79 Å². The highest BCUT2D eigenvalue weighted by Crippen LogP contribution is 2.33. The van der Waals surface area contributed by atoms with E-state index in [2.05, 4.69) is 12.2 Å². The van der Waals surface area contributed by atoms with Gasteiger partial charge < -0.3 is 5.32 Å². The minimum absolute atomic E-state index is 0.127. The second-order valence-electron chi connectivity index (χ2n) is 6.00. The van der Waals surface area contributed by atoms with Gasteiger partial charge >= 0.3 is 0 Å². The molecule has 2 aliphatic rings. The molecule has 1 aliphatic carbocycles. The molecule has 1 saturated heterocycles. The van der Waals surface area contributed by atoms with Crippen LogP contribution in [0.15, 0.2) is 0 Å². The molecule has 1 aliphatic heterocycles. The third kappa shape index (κ3) is 4.02. The molecule has 4 nitrogen and oxygen atoms in total. The first kappa shape index (κ1) is 15.0. The summed E-state index contributed by atoms with van der Waals surface area (Å²) in [6, 6.07) is -0.161. The van der Waals surface area contributed by atoms with E-state index in [1.807, 2.05) is 0 Å². The molecule has 5 heteroatoms. The standard InChI is InChI=1S/C14H25NO3S/c1-2-11-5-3-4-6-13(11)14(16)9-12-10-19(17,18)8-7-15-12/h11-13,15H,2-10H2,1H3. The first-order valence-electron chi connectivity index (χ1n) is 7.48. The maximum Gasteiger partial charge on any atom is 0.153 e. The van der Waals surface area contributed by atoms with Gasteiger partial charge in [0.05, 0.1) is 11.5 Å². The van der Waals surface area contributed by atoms with Crippen LogP contribution in [0.3, 0.4) is 0 Å². The van der Waals surface area contributed by atoms with Gasteiger partial charge in [0.2, 0.25) is 0 Å². The zero-order chi connectivity index (χ0) is 13.9. The fourth-order valence-corrected chi connectivity index (χ4v) is 4.96. The van der Waals surface area contributed by atoms with E-state index in [1.165, 1.54) is 6.42 Å². The van der Waals surface area contributed by atoms with E-state index in [0.717, 1.165) is 25.7 Å². The molecule has 0 bridgehead atoms. The number of hydrogen-bond acceptors (Lipinski definition) is 4. The van der Waals surface area contributed by atoms with Crippen LogP contribution in [0.25, 0.3) is 0 Å². The van der Waals surface area contributed by atoms with Crippen LogP contribution < -0.4 is 5.32 Å². The molecule has 0 spiro atoms. The summed E-state index contributed by atoms with van der Waals surface area (Å²) in [6.07, 6.45) is 5.98. The van der Waals surface area contributed by atoms with E-state index in [9.17, 15) is 13.2 Å². The fourth-order valence-electron chi connectivity index (χ4n) is 3.51. The van der Waals surface area contributed by atoms with Crippen molar-refractivity contribution in [3.8, 4) is 0 Å². The van der Waals surface area contributed by atoms with Crippen molar-refractivity contribution in [3.05, 3.63) is 0 Å². The lowest BCUT2D eigenvalue weighted by Gasteiger charge is -2.31. The minimum Gasteiger partial charge on any atom is -0.312 e. The topological polar surface area (TPSA) is 63.2 Å². The molecule has 1 N–H and O–H groups in total. The third-order valence-electron chi connectivity index (χ3n) is 4.60. The van der Waals surface area contributed by atoms with Gasteiger partial charge in [-0.25, -0.2) is 8.42 Å². The highest BCUT2D eigenvalue weighted by molar-refractivity contribution is 7.91. The first-order valence-corrected chi connectivity index (χ1v) is 9.30. The van der Waals surface area contributed by atoms with Crippen LogP contribution in [0.2, 0.25) is 0 Å². The summed E-state index contributed by atoms with van der Waals surface area (Å²) in [5, 5.41) is 3.18. The van der Waals surface area contributed by atoms with E-state index < -0.39 is 9.84 Å². The highest BCUT2D eigenvalue weighted by atomic mass is 32.2. The van der Waals surface area contributed by atoms with Crippen LogP contribution in [0.5, 0.6) is 0 Å². The smallest absolute Gasteiger partial charge is 0.153 e. The van der Waals surface area contributed by atoms with Crippen LogP contribution in [-0.2, 0) is 14.6 Å². The van der Waals surface area contributed by atoms with Crippen molar-refractivity contribution in [3.63, 3.8) is 0 Å². The normalized spacial score (nSPS) is 34.9. The molecular weight excluding hydrogens is 262 g/mol. The molecule has 2 fully saturated rings. The average molecular weight is 287 g/mol. The molecule has 19 heavy (non-hydrogen) atoms. The van der Waals surface area contributed by atoms with Crippen molar-refractivity contribution in [2.24, 2.45) is 11.8 Å². The second-order valence-corrected chi connectivity index (χ2v) is 8.22. The summed E-state index contributed by atoms with van der Waals surface area (Å²) < 4.78 is 23.2. The average Bonchev–Trinajstić information content (AvgIpc) is 2.37. The quantitative estimate of drug-likeness (QED) is 0.852. The first-order chi connectivity index (χ1) is 9.02. The molecule has 1 saturated carbocycles. The molecule has 0 aromatic rings. The van der Waals surface area contributed by atoms with Crippen LogP contribution in [0.4, 0.5) is 0 Å². The van der Waals surface area contributed by atoms with Crippen LogP contribution in [0.1, 0.15) is 45.4 Å². The van der Waals surface area contributed by atoms with E-state index in [4.69, 9.17) is 0 Å². The summed E-state index contributed by atoms with van der Waals surface area (Å²) in [5.74, 6) is 1.30. The number of carbonyl (C=O) groups excluding carboxylic acids is 1. The second kappa shape index (κ2) is 6.35. The van der Waals surface area contributed by atoms with Crippen LogP contribution in [-0.4, -0.2) is 38.3 Å². The Balaban J connectivity index is 1.92. The SMILES string of the molecule is CCC1CCCCC1C(=O)CC1CS(=O)(=O)CCN1. The molecule has 3 unspecified atom stereocenters. The number of sulfone groups is 1. The van der Waals surface area contributed by atoms with Crippen molar-refractivity contribution >= 4 is 15.6 Å². The Morgan fingerprint density at radius 1 is 1.26 bits per heavy atom. The van der Waals surface area contributed by atoms with Gasteiger partial charge in [-0.05, 0) is 18.8 Å². The van der Waals surface area contributed by atoms with Gasteiger partial charge in [0.1, 0.15) is 5.78 Å². The van der Waals surface area contributed by atoms with Crippen LogP contribution >= 0.6 is 0 Å². The molecule has 0 radical (unpaired) electrons. The molecular formula is C14H25NO3S. The largest absolute Gasteiger partial charge is 0.312 e. The molecule has 110 valence electrons. The predicted molar refractivity (Wildman–Crippen MR) is 75.8 cm³/mol. The van der Waals surface area contributed by atoms with Crippen LogP contribution in [0, 0.1) is 11.8 Å². The Labute approximate surface area is 116 Å². The van der Waals surface area contributed by atoms with E-state index in [1.54, 1.807) is 0 Å². The Morgan fingerprint density at radius 3 is 2.68 bits per heavy atom. The number of rotatable bonds is 4. The maximum absolute atomic E-state index is 12.4. The van der Waals surface area contributed by atoms with Gasteiger partial charge in [0.25, 0.3) is 0 Å². The van der Waals surface area contributed by atoms with Crippen molar-refractivity contribution < 1.29 is 13.2 Å². The van der Waals surface area contributed by atoms with E-state index in [-0.39, 0.29) is 29.2 Å². The summed E-state index contributed by atoms with van der Waals surface area (Å²) in [7, 11) is -2.94. The summed E-state index contributed by atoms with van der Waals surface area (Å²) in [6.45, 7) is 2.64. The number of Topliss-reactive ketones (excluding diaryl/α,β-unsaturated/α-hetero) is 1. The van der Waals surface area contributed by atoms with Gasteiger partial charge in [-0.2, -0.15) is 0 Å². The maximum atomic E-state index is 12.4. The summed E-state index contributed by atoms with van der Waals surface area (Å²) in [4.78, 5) is 12.4. The summed E-state index contributed by atoms with van der Waals surface area (Å²) >= 11 is 0. The van der Waals surface area contributed by atoms with Crippen molar-refractivity contribution in [2.75, 3.05) is 18.1 Å². The number of hydrogen-bond donors (Lipinski definition) is 1. The molecule has 2 rings (SSSR count). The zero-order valence-electron chi connectivity index (χ0n) is 11.7. The van der Waals surface area contributed by atoms with Gasteiger partial charge in [-0.15, -0.1) is 0 Å². The highest BCUT2D eigenvalue weighted by Gasteiger charge is 2.32. The predicted octanol–water partition coefficient (Wildman–Crippen LogP) is 1.55. The third-order valence-corrected chi connectivity index (χ3v) is 6.33. The van der Waals surface area contributed by atoms with Gasteiger partial charge in [0.15, 0.2) is 9.84 Å². The van der Waals surface area contributed by atoms with Gasteiger partial charge in [0, 0.05) is 24.9 Å². The Kier molecular flexibility index (Phi) is 5.01. The molecule has 0 aromatic carbocycles. The van der Waals surface area contributed by atoms with E-state index in [0.29, 0.717) is 18.9 Å². The Bertz CT molecular complexity index is 418. The number of ketones is 1. The Morgan fingerprint density at radius 2 is 2.00 bits per heavy atom. The van der Waals surface area contributed by atoms with Crippen molar-refractivity contribution in [2.45, 2.75) is 51.5 Å². The molecule has 3 atom stereocenters. The fraction of sp³-hybridized carbons (Fsp3) is 0.929. The zero-order valence-corrected chi connectivity index (χ0v) is 12.5.